The largest absolute Gasteiger partial charge is 0.422 e. The number of halogens is 4. The van der Waals surface area contributed by atoms with Crippen LogP contribution in [0, 0.1) is 0 Å². The van der Waals surface area contributed by atoms with E-state index in [1.165, 1.54) is 18.2 Å². The van der Waals surface area contributed by atoms with Crippen molar-refractivity contribution in [2.75, 3.05) is 6.54 Å². The van der Waals surface area contributed by atoms with E-state index in [0.29, 0.717) is 0 Å². The van der Waals surface area contributed by atoms with E-state index in [9.17, 15) is 18.3 Å². The summed E-state index contributed by atoms with van der Waals surface area (Å²) in [4.78, 5) is 0. The average molecular weight is 240 g/mol. The zero-order valence-electron chi connectivity index (χ0n) is 7.55. The molecule has 0 aliphatic carbocycles. The van der Waals surface area contributed by atoms with Crippen LogP contribution in [0.15, 0.2) is 24.3 Å². The average Bonchev–Trinajstić information content (AvgIpc) is 2.15. The minimum atomic E-state index is -4.85. The Labute approximate surface area is 89.5 Å². The Kier molecular flexibility index (Phi) is 3.28. The molecule has 3 N–H and O–H groups in total. The number of aliphatic hydroxyl groups is 1. The van der Waals surface area contributed by atoms with Crippen molar-refractivity contribution in [3.63, 3.8) is 0 Å². The molecule has 1 aromatic rings. The third-order valence-electron chi connectivity index (χ3n) is 2.08. The molecule has 0 aliphatic heterocycles. The van der Waals surface area contributed by atoms with Crippen LogP contribution < -0.4 is 5.73 Å². The Morgan fingerprint density at radius 3 is 2.20 bits per heavy atom. The van der Waals surface area contributed by atoms with Crippen molar-refractivity contribution in [2.24, 2.45) is 5.73 Å². The molecule has 0 radical (unpaired) electrons. The lowest BCUT2D eigenvalue weighted by atomic mass is 9.93. The first-order chi connectivity index (χ1) is 6.83. The molecule has 0 fully saturated rings. The van der Waals surface area contributed by atoms with Gasteiger partial charge in [0.25, 0.3) is 0 Å². The summed E-state index contributed by atoms with van der Waals surface area (Å²) < 4.78 is 37.7. The van der Waals surface area contributed by atoms with Crippen LogP contribution in [0.4, 0.5) is 13.2 Å². The maximum Gasteiger partial charge on any atom is 0.422 e. The number of benzene rings is 1. The predicted octanol–water partition coefficient (Wildman–Crippen LogP) is 2.05. The van der Waals surface area contributed by atoms with Gasteiger partial charge in [-0.2, -0.15) is 13.2 Å². The van der Waals surface area contributed by atoms with Gasteiger partial charge in [-0.05, 0) is 6.07 Å². The van der Waals surface area contributed by atoms with Crippen molar-refractivity contribution in [3.8, 4) is 0 Å². The molecule has 0 bridgehead atoms. The summed E-state index contributed by atoms with van der Waals surface area (Å²) >= 11 is 5.58. The van der Waals surface area contributed by atoms with Crippen LogP contribution in [0.25, 0.3) is 0 Å². The van der Waals surface area contributed by atoms with Crippen molar-refractivity contribution in [1.29, 1.82) is 0 Å². The van der Waals surface area contributed by atoms with Crippen LogP contribution in [0.2, 0.25) is 5.02 Å². The molecule has 6 heteroatoms. The second kappa shape index (κ2) is 4.00. The maximum atomic E-state index is 12.6. The summed E-state index contributed by atoms with van der Waals surface area (Å²) in [5.41, 5.74) is 1.44. The predicted molar refractivity (Wildman–Crippen MR) is 50.5 cm³/mol. The monoisotopic (exact) mass is 239 g/mol. The van der Waals surface area contributed by atoms with Gasteiger partial charge >= 0.3 is 6.18 Å². The fourth-order valence-electron chi connectivity index (χ4n) is 1.18. The summed E-state index contributed by atoms with van der Waals surface area (Å²) in [6.45, 7) is -0.972. The summed E-state index contributed by atoms with van der Waals surface area (Å²) in [6, 6.07) is 5.19. The number of hydrogen-bond acceptors (Lipinski definition) is 2. The molecular weight excluding hydrogens is 231 g/mol. The Morgan fingerprint density at radius 2 is 1.80 bits per heavy atom. The van der Waals surface area contributed by atoms with Gasteiger partial charge in [-0.15, -0.1) is 0 Å². The first kappa shape index (κ1) is 12.3. The number of alkyl halides is 3. The summed E-state index contributed by atoms with van der Waals surface area (Å²) in [5, 5.41) is 9.31. The van der Waals surface area contributed by atoms with Crippen LogP contribution in [-0.4, -0.2) is 17.8 Å². The first-order valence-corrected chi connectivity index (χ1v) is 4.45. The molecule has 0 saturated carbocycles. The quantitative estimate of drug-likeness (QED) is 0.830. The van der Waals surface area contributed by atoms with Crippen LogP contribution in [0.3, 0.4) is 0 Å². The molecule has 0 saturated heterocycles. The molecule has 0 spiro atoms. The minimum absolute atomic E-state index is 0.164. The number of hydrogen-bond donors (Lipinski definition) is 2. The van der Waals surface area contributed by atoms with E-state index >= 15 is 0 Å². The highest BCUT2D eigenvalue weighted by molar-refractivity contribution is 6.31. The Morgan fingerprint density at radius 1 is 1.27 bits per heavy atom. The van der Waals surface area contributed by atoms with Gasteiger partial charge in [0.1, 0.15) is 0 Å². The van der Waals surface area contributed by atoms with Gasteiger partial charge in [0.2, 0.25) is 0 Å². The van der Waals surface area contributed by atoms with Crippen LogP contribution >= 0.6 is 11.6 Å². The SMILES string of the molecule is NCC(O)(c1ccccc1Cl)C(F)(F)F. The Bertz CT molecular complexity index is 355. The van der Waals surface area contributed by atoms with E-state index in [2.05, 4.69) is 0 Å². The fourth-order valence-corrected chi connectivity index (χ4v) is 1.47. The van der Waals surface area contributed by atoms with E-state index < -0.39 is 23.9 Å². The van der Waals surface area contributed by atoms with Crippen molar-refractivity contribution >= 4 is 11.6 Å². The number of rotatable bonds is 2. The number of nitrogens with two attached hydrogens (primary N) is 1. The maximum absolute atomic E-state index is 12.6. The highest BCUT2D eigenvalue weighted by Gasteiger charge is 2.54. The van der Waals surface area contributed by atoms with E-state index in [1.54, 1.807) is 0 Å². The molecule has 84 valence electrons. The molecule has 0 aliphatic rings. The first-order valence-electron chi connectivity index (χ1n) is 4.07. The van der Waals surface area contributed by atoms with Crippen LogP contribution in [0.1, 0.15) is 5.56 Å². The Balaban J connectivity index is 3.30. The lowest BCUT2D eigenvalue weighted by molar-refractivity contribution is -0.262. The summed E-state index contributed by atoms with van der Waals surface area (Å²) in [5.74, 6) is 0. The molecular formula is C9H9ClF3NO. The lowest BCUT2D eigenvalue weighted by Gasteiger charge is -2.30. The third-order valence-corrected chi connectivity index (χ3v) is 2.41. The van der Waals surface area contributed by atoms with Crippen LogP contribution in [-0.2, 0) is 5.60 Å². The Hall–Kier alpha value is -0.780. The fraction of sp³-hybridized carbons (Fsp3) is 0.333. The lowest BCUT2D eigenvalue weighted by Crippen LogP contribution is -2.48. The van der Waals surface area contributed by atoms with Crippen molar-refractivity contribution in [1.82, 2.24) is 0 Å². The summed E-state index contributed by atoms with van der Waals surface area (Å²) in [6.07, 6.45) is -4.85. The second-order valence-electron chi connectivity index (χ2n) is 3.04. The van der Waals surface area contributed by atoms with Gasteiger partial charge < -0.3 is 10.8 Å². The molecule has 2 nitrogen and oxygen atoms in total. The molecule has 1 aromatic carbocycles. The standard InChI is InChI=1S/C9H9ClF3NO/c10-7-4-2-1-3-6(7)8(15,5-14)9(11,12)13/h1-4,15H,5,14H2. The van der Waals surface area contributed by atoms with Gasteiger partial charge in [-0.3, -0.25) is 0 Å². The molecule has 15 heavy (non-hydrogen) atoms. The molecule has 0 amide bonds. The zero-order chi connectivity index (χ0) is 11.7. The third kappa shape index (κ3) is 2.09. The van der Waals surface area contributed by atoms with E-state index in [0.717, 1.165) is 6.07 Å². The zero-order valence-corrected chi connectivity index (χ0v) is 8.31. The molecule has 0 heterocycles. The van der Waals surface area contributed by atoms with E-state index in [-0.39, 0.29) is 5.02 Å². The van der Waals surface area contributed by atoms with Gasteiger partial charge in [0.05, 0.1) is 0 Å². The highest BCUT2D eigenvalue weighted by atomic mass is 35.5. The molecule has 0 aromatic heterocycles. The molecule has 1 rings (SSSR count). The normalized spacial score (nSPS) is 16.1. The van der Waals surface area contributed by atoms with Gasteiger partial charge in [-0.1, -0.05) is 29.8 Å². The van der Waals surface area contributed by atoms with Crippen molar-refractivity contribution < 1.29 is 18.3 Å². The smallest absolute Gasteiger partial charge is 0.375 e. The minimum Gasteiger partial charge on any atom is -0.375 e. The van der Waals surface area contributed by atoms with Gasteiger partial charge in [0.15, 0.2) is 5.60 Å². The van der Waals surface area contributed by atoms with Crippen molar-refractivity contribution in [3.05, 3.63) is 34.9 Å². The van der Waals surface area contributed by atoms with E-state index in [1.807, 2.05) is 0 Å². The highest BCUT2D eigenvalue weighted by Crippen LogP contribution is 2.40. The molecule has 1 unspecified atom stereocenters. The van der Waals surface area contributed by atoms with E-state index in [4.69, 9.17) is 17.3 Å². The van der Waals surface area contributed by atoms with Crippen molar-refractivity contribution in [2.45, 2.75) is 11.8 Å². The summed E-state index contributed by atoms with van der Waals surface area (Å²) in [7, 11) is 0. The van der Waals surface area contributed by atoms with Crippen LogP contribution in [0.5, 0.6) is 0 Å². The molecule has 1 atom stereocenters. The van der Waals surface area contributed by atoms with Gasteiger partial charge in [0, 0.05) is 17.1 Å². The topological polar surface area (TPSA) is 46.2 Å². The second-order valence-corrected chi connectivity index (χ2v) is 3.45. The van der Waals surface area contributed by atoms with Gasteiger partial charge in [-0.25, -0.2) is 0 Å².